The van der Waals surface area contributed by atoms with E-state index in [-0.39, 0.29) is 5.91 Å². The van der Waals surface area contributed by atoms with Gasteiger partial charge in [-0.15, -0.1) is 0 Å². The van der Waals surface area contributed by atoms with Gasteiger partial charge >= 0.3 is 0 Å². The Bertz CT molecular complexity index is 1610. The van der Waals surface area contributed by atoms with E-state index in [4.69, 9.17) is 26.1 Å². The quantitative estimate of drug-likeness (QED) is 0.0906. The van der Waals surface area contributed by atoms with Crippen molar-refractivity contribution in [3.63, 3.8) is 0 Å². The average molecular weight is 658 g/mol. The standard InChI is InChI=1S/C36H40ClN5O3S/c1-40(19-17-28-13-16-31(44-2)32(24-28)45-3)34-25-33(37)38-36(39-34)46-26-29-11-14-30(15-12-29)35(43)42-22-20-41(21-23-42)18-7-10-27-8-5-4-6-9-27/h4-16,24-25H,17-23,26H2,1-3H3. The summed E-state index contributed by atoms with van der Waals surface area (Å²) in [6, 6.07) is 25.9. The van der Waals surface area contributed by atoms with E-state index in [1.807, 2.05) is 72.6 Å². The Balaban J connectivity index is 1.09. The van der Waals surface area contributed by atoms with Crippen LogP contribution in [0.3, 0.4) is 0 Å². The molecule has 46 heavy (non-hydrogen) atoms. The van der Waals surface area contributed by atoms with Crippen LogP contribution in [0.1, 0.15) is 27.0 Å². The first-order valence-corrected chi connectivity index (χ1v) is 16.7. The zero-order chi connectivity index (χ0) is 32.3. The summed E-state index contributed by atoms with van der Waals surface area (Å²) in [7, 11) is 5.26. The number of hydrogen-bond donors (Lipinski definition) is 0. The molecule has 240 valence electrons. The van der Waals surface area contributed by atoms with Crippen LogP contribution in [0, 0.1) is 0 Å². The molecular formula is C36H40ClN5O3S. The van der Waals surface area contributed by atoms with Crippen molar-refractivity contribution in [2.24, 2.45) is 0 Å². The molecular weight excluding hydrogens is 618 g/mol. The lowest BCUT2D eigenvalue weighted by Gasteiger charge is -2.34. The molecule has 0 aliphatic carbocycles. The Morgan fingerprint density at radius 3 is 2.35 bits per heavy atom. The predicted octanol–water partition coefficient (Wildman–Crippen LogP) is 6.59. The molecule has 1 amide bonds. The number of carbonyl (C=O) groups excluding carboxylic acids is 1. The van der Waals surface area contributed by atoms with Crippen molar-refractivity contribution in [1.82, 2.24) is 19.8 Å². The lowest BCUT2D eigenvalue weighted by molar-refractivity contribution is 0.0650. The second-order valence-corrected chi connectivity index (χ2v) is 12.4. The molecule has 0 radical (unpaired) electrons. The lowest BCUT2D eigenvalue weighted by atomic mass is 10.1. The Morgan fingerprint density at radius 1 is 0.913 bits per heavy atom. The van der Waals surface area contributed by atoms with Crippen LogP contribution in [0.15, 0.2) is 90.1 Å². The minimum atomic E-state index is 0.0811. The molecule has 1 fully saturated rings. The van der Waals surface area contributed by atoms with Crippen LogP contribution in [0.5, 0.6) is 11.5 Å². The molecule has 0 unspecified atom stereocenters. The molecule has 0 N–H and O–H groups in total. The summed E-state index contributed by atoms with van der Waals surface area (Å²) < 4.78 is 10.8. The first-order chi connectivity index (χ1) is 22.4. The summed E-state index contributed by atoms with van der Waals surface area (Å²) in [4.78, 5) is 28.7. The fraction of sp³-hybridized carbons (Fsp3) is 0.306. The summed E-state index contributed by atoms with van der Waals surface area (Å²) in [5, 5.41) is 1.01. The summed E-state index contributed by atoms with van der Waals surface area (Å²) >= 11 is 7.90. The van der Waals surface area contributed by atoms with Gasteiger partial charge in [0.1, 0.15) is 11.0 Å². The van der Waals surface area contributed by atoms with Crippen molar-refractivity contribution in [2.75, 3.05) is 65.4 Å². The van der Waals surface area contributed by atoms with Crippen molar-refractivity contribution < 1.29 is 14.3 Å². The summed E-state index contributed by atoms with van der Waals surface area (Å²) in [6.07, 6.45) is 5.14. The van der Waals surface area contributed by atoms with Gasteiger partial charge in [-0.05, 0) is 47.4 Å². The highest BCUT2D eigenvalue weighted by Crippen LogP contribution is 2.28. The van der Waals surface area contributed by atoms with Gasteiger partial charge < -0.3 is 19.3 Å². The van der Waals surface area contributed by atoms with Crippen molar-refractivity contribution in [3.8, 4) is 11.5 Å². The highest BCUT2D eigenvalue weighted by Gasteiger charge is 2.21. The van der Waals surface area contributed by atoms with Crippen LogP contribution in [-0.4, -0.2) is 86.2 Å². The number of hydrogen-bond acceptors (Lipinski definition) is 8. The molecule has 1 aliphatic heterocycles. The van der Waals surface area contributed by atoms with E-state index < -0.39 is 0 Å². The fourth-order valence-electron chi connectivity index (χ4n) is 5.20. The number of methoxy groups -OCH3 is 2. The molecule has 3 aromatic carbocycles. The Morgan fingerprint density at radius 2 is 1.63 bits per heavy atom. The minimum absolute atomic E-state index is 0.0811. The third-order valence-corrected chi connectivity index (χ3v) is 9.05. The zero-order valence-corrected chi connectivity index (χ0v) is 28.1. The topological polar surface area (TPSA) is 71.0 Å². The second-order valence-electron chi connectivity index (χ2n) is 11.1. The maximum Gasteiger partial charge on any atom is 0.253 e. The third-order valence-electron chi connectivity index (χ3n) is 7.94. The molecule has 0 spiro atoms. The van der Waals surface area contributed by atoms with E-state index in [9.17, 15) is 4.79 Å². The van der Waals surface area contributed by atoms with Crippen molar-refractivity contribution in [2.45, 2.75) is 17.3 Å². The number of halogens is 1. The van der Waals surface area contributed by atoms with E-state index >= 15 is 0 Å². The van der Waals surface area contributed by atoms with Crippen LogP contribution < -0.4 is 14.4 Å². The number of benzene rings is 3. The zero-order valence-electron chi connectivity index (χ0n) is 26.6. The van der Waals surface area contributed by atoms with Gasteiger partial charge in [-0.3, -0.25) is 9.69 Å². The molecule has 1 saturated heterocycles. The molecule has 5 rings (SSSR count). The largest absolute Gasteiger partial charge is 0.493 e. The van der Waals surface area contributed by atoms with E-state index in [0.717, 1.165) is 62.6 Å². The molecule has 1 aromatic heterocycles. The van der Waals surface area contributed by atoms with E-state index in [1.165, 1.54) is 17.3 Å². The number of amides is 1. The number of ether oxygens (including phenoxy) is 2. The maximum atomic E-state index is 13.2. The number of carbonyl (C=O) groups is 1. The molecule has 2 heterocycles. The monoisotopic (exact) mass is 657 g/mol. The first kappa shape index (κ1) is 33.3. The predicted molar refractivity (Wildman–Crippen MR) is 187 cm³/mol. The van der Waals surface area contributed by atoms with Gasteiger partial charge in [0.15, 0.2) is 16.7 Å². The van der Waals surface area contributed by atoms with Crippen LogP contribution in [0.25, 0.3) is 6.08 Å². The van der Waals surface area contributed by atoms with Gasteiger partial charge in [0.25, 0.3) is 5.91 Å². The maximum absolute atomic E-state index is 13.2. The normalized spacial score (nSPS) is 13.6. The first-order valence-electron chi connectivity index (χ1n) is 15.3. The van der Waals surface area contributed by atoms with Gasteiger partial charge in [-0.1, -0.05) is 84.0 Å². The minimum Gasteiger partial charge on any atom is -0.493 e. The van der Waals surface area contributed by atoms with Crippen LogP contribution in [0.2, 0.25) is 5.15 Å². The highest BCUT2D eigenvalue weighted by atomic mass is 35.5. The van der Waals surface area contributed by atoms with Gasteiger partial charge in [0.05, 0.1) is 14.2 Å². The van der Waals surface area contributed by atoms with Gasteiger partial charge in [-0.25, -0.2) is 9.97 Å². The SMILES string of the molecule is COc1ccc(CCN(C)c2cc(Cl)nc(SCc3ccc(C(=O)N4CCN(CC=Cc5ccccc5)CC4)cc3)n2)cc1OC. The van der Waals surface area contributed by atoms with Gasteiger partial charge in [0.2, 0.25) is 0 Å². The summed E-state index contributed by atoms with van der Waals surface area (Å²) in [5.74, 6) is 2.93. The molecule has 4 aromatic rings. The van der Waals surface area contributed by atoms with Crippen LogP contribution in [0.4, 0.5) is 5.82 Å². The van der Waals surface area contributed by atoms with Crippen molar-refractivity contribution in [1.29, 1.82) is 0 Å². The number of thioether (sulfide) groups is 1. The molecule has 10 heteroatoms. The Hall–Kier alpha value is -4.05. The van der Waals surface area contributed by atoms with Crippen molar-refractivity contribution in [3.05, 3.63) is 112 Å². The summed E-state index contributed by atoms with van der Waals surface area (Å²) in [6.45, 7) is 4.82. The molecule has 0 bridgehead atoms. The lowest BCUT2D eigenvalue weighted by Crippen LogP contribution is -2.48. The van der Waals surface area contributed by atoms with E-state index in [0.29, 0.717) is 33.1 Å². The van der Waals surface area contributed by atoms with Gasteiger partial charge in [0, 0.05) is 63.7 Å². The smallest absolute Gasteiger partial charge is 0.253 e. The summed E-state index contributed by atoms with van der Waals surface area (Å²) in [5.41, 5.74) is 4.14. The van der Waals surface area contributed by atoms with E-state index in [2.05, 4.69) is 39.1 Å². The Labute approximate surface area is 281 Å². The number of aromatic nitrogens is 2. The second kappa shape index (κ2) is 16.5. The van der Waals surface area contributed by atoms with Gasteiger partial charge in [-0.2, -0.15) is 0 Å². The average Bonchev–Trinajstić information content (AvgIpc) is 3.10. The number of nitrogens with zero attached hydrogens (tertiary/aromatic N) is 5. The van der Waals surface area contributed by atoms with E-state index in [1.54, 1.807) is 20.3 Å². The number of piperazine rings is 1. The van der Waals surface area contributed by atoms with Crippen LogP contribution >= 0.6 is 23.4 Å². The fourth-order valence-corrected chi connectivity index (χ4v) is 6.24. The molecule has 1 aliphatic rings. The number of likely N-dealkylation sites (N-methyl/N-ethyl adjacent to an activating group) is 1. The van der Waals surface area contributed by atoms with Crippen molar-refractivity contribution >= 4 is 41.2 Å². The van der Waals surface area contributed by atoms with Crippen LogP contribution in [-0.2, 0) is 12.2 Å². The third kappa shape index (κ3) is 9.25. The Kier molecular flexibility index (Phi) is 11.9. The molecule has 0 atom stereocenters. The molecule has 0 saturated carbocycles. The molecule has 8 nitrogen and oxygen atoms in total. The highest BCUT2D eigenvalue weighted by molar-refractivity contribution is 7.98. The number of rotatable bonds is 13. The number of anilines is 1.